The molecule has 0 saturated carbocycles. The van der Waals surface area contributed by atoms with E-state index in [1.54, 1.807) is 6.92 Å². The molecule has 2 N–H and O–H groups in total. The van der Waals surface area contributed by atoms with E-state index < -0.39 is 23.7 Å². The molecule has 4 nitrogen and oxygen atoms in total. The van der Waals surface area contributed by atoms with Gasteiger partial charge in [0.25, 0.3) is 0 Å². The predicted octanol–water partition coefficient (Wildman–Crippen LogP) is 3.32. The van der Waals surface area contributed by atoms with Crippen molar-refractivity contribution in [2.24, 2.45) is 0 Å². The smallest absolute Gasteiger partial charge is 0.369 e. The first-order valence-electron chi connectivity index (χ1n) is 5.88. The summed E-state index contributed by atoms with van der Waals surface area (Å²) in [6.45, 7) is 1.90. The molecule has 0 radical (unpaired) electrons. The molecule has 0 aliphatic carbocycles. The number of nitrogen functional groups attached to an aromatic ring is 1. The van der Waals surface area contributed by atoms with Gasteiger partial charge < -0.3 is 10.3 Å². The van der Waals surface area contributed by atoms with Gasteiger partial charge in [-0.2, -0.15) is 26.3 Å². The van der Waals surface area contributed by atoms with Crippen LogP contribution in [0.4, 0.5) is 36.7 Å². The third-order valence-electron chi connectivity index (χ3n) is 3.11. The second-order valence-electron chi connectivity index (χ2n) is 4.43. The van der Waals surface area contributed by atoms with Crippen molar-refractivity contribution >= 4 is 17.0 Å². The lowest BCUT2D eigenvalue weighted by molar-refractivity contribution is -0.349. The van der Waals surface area contributed by atoms with Gasteiger partial charge in [-0.15, -0.1) is 0 Å². The van der Waals surface area contributed by atoms with Crippen LogP contribution in [0.1, 0.15) is 12.6 Å². The van der Waals surface area contributed by atoms with E-state index >= 15 is 0 Å². The Bertz CT molecular complexity index is 687. The van der Waals surface area contributed by atoms with Crippen molar-refractivity contribution < 1.29 is 30.7 Å². The van der Waals surface area contributed by atoms with E-state index in [0.717, 1.165) is 0 Å². The zero-order valence-electron chi connectivity index (χ0n) is 10.9. The number of hydrogen-bond donors (Lipinski definition) is 1. The monoisotopic (exact) mass is 330 g/mol. The maximum Gasteiger partial charge on any atom is 0.437 e. The number of nitrogens with two attached hydrogens (primary N) is 1. The average Bonchev–Trinajstić information content (AvgIpc) is 2.69. The molecule has 0 unspecified atom stereocenters. The van der Waals surface area contributed by atoms with Gasteiger partial charge in [0, 0.05) is 6.54 Å². The minimum Gasteiger partial charge on any atom is -0.369 e. The lowest BCUT2D eigenvalue weighted by Crippen LogP contribution is -2.50. The minimum atomic E-state index is -6.22. The van der Waals surface area contributed by atoms with Crippen LogP contribution >= 0.6 is 0 Å². The molecule has 0 atom stereocenters. The number of rotatable bonds is 2. The highest BCUT2D eigenvalue weighted by Crippen LogP contribution is 2.52. The average molecular weight is 330 g/mol. The highest BCUT2D eigenvalue weighted by molar-refractivity contribution is 5.78. The zero-order chi connectivity index (χ0) is 16.9. The van der Waals surface area contributed by atoms with E-state index in [0.29, 0.717) is 12.3 Å². The van der Waals surface area contributed by atoms with Crippen LogP contribution in [-0.2, 0) is 12.2 Å². The molecule has 0 bridgehead atoms. The van der Waals surface area contributed by atoms with E-state index in [4.69, 9.17) is 5.73 Å². The summed E-state index contributed by atoms with van der Waals surface area (Å²) in [6.07, 6.45) is -11.8. The van der Waals surface area contributed by atoms with Gasteiger partial charge >= 0.3 is 18.0 Å². The van der Waals surface area contributed by atoms with Gasteiger partial charge in [-0.05, 0) is 13.0 Å². The van der Waals surface area contributed by atoms with Crippen LogP contribution < -0.4 is 5.73 Å². The van der Waals surface area contributed by atoms with Gasteiger partial charge in [-0.1, -0.05) is 0 Å². The highest BCUT2D eigenvalue weighted by atomic mass is 19.4. The van der Waals surface area contributed by atoms with Crippen molar-refractivity contribution in [3.63, 3.8) is 0 Å². The Kier molecular flexibility index (Phi) is 3.49. The summed E-state index contributed by atoms with van der Waals surface area (Å²) >= 11 is 0. The van der Waals surface area contributed by atoms with Crippen LogP contribution in [0.5, 0.6) is 0 Å². The number of fused-ring (bicyclic) bond motifs is 1. The van der Waals surface area contributed by atoms with E-state index in [1.807, 2.05) is 0 Å². The van der Waals surface area contributed by atoms with E-state index in [9.17, 15) is 30.7 Å². The van der Waals surface area contributed by atoms with Crippen LogP contribution in [0.3, 0.4) is 0 Å². The minimum absolute atomic E-state index is 0.107. The normalized spacial score (nSPS) is 13.8. The van der Waals surface area contributed by atoms with Crippen molar-refractivity contribution in [1.82, 2.24) is 14.5 Å². The van der Waals surface area contributed by atoms with Crippen LogP contribution in [0, 0.1) is 0 Å². The summed E-state index contributed by atoms with van der Waals surface area (Å²) in [7, 11) is 0. The molecule has 2 aromatic heterocycles. The molecule has 0 fully saturated rings. The second-order valence-corrected chi connectivity index (χ2v) is 4.43. The third kappa shape index (κ3) is 2.15. The molecule has 0 aromatic carbocycles. The topological polar surface area (TPSA) is 56.7 Å². The van der Waals surface area contributed by atoms with Crippen LogP contribution in [0.25, 0.3) is 11.0 Å². The van der Waals surface area contributed by atoms with Crippen molar-refractivity contribution in [3.05, 3.63) is 18.0 Å². The summed E-state index contributed by atoms with van der Waals surface area (Å²) < 4.78 is 91.1. The van der Waals surface area contributed by atoms with Gasteiger partial charge in [-0.25, -0.2) is 9.37 Å². The molecule has 0 saturated heterocycles. The molecule has 2 rings (SSSR count). The molecule has 22 heavy (non-hydrogen) atoms. The summed E-state index contributed by atoms with van der Waals surface area (Å²) in [5, 5.41) is 0. The maximum atomic E-state index is 13.9. The van der Waals surface area contributed by atoms with Crippen molar-refractivity contribution in [2.45, 2.75) is 31.5 Å². The van der Waals surface area contributed by atoms with E-state index in [-0.39, 0.29) is 23.5 Å². The largest absolute Gasteiger partial charge is 0.437 e. The number of halogens is 7. The molecule has 0 spiro atoms. The van der Waals surface area contributed by atoms with Crippen LogP contribution in [-0.4, -0.2) is 26.9 Å². The first-order valence-corrected chi connectivity index (χ1v) is 5.88. The van der Waals surface area contributed by atoms with Crippen LogP contribution in [0.15, 0.2) is 12.3 Å². The van der Waals surface area contributed by atoms with Gasteiger partial charge in [0.15, 0.2) is 0 Å². The molecule has 122 valence electrons. The standard InChI is InChI=1S/C11H9F7N4/c1-2-22-6-4-20-7(3-5(6)21-8(22)19)9(12,10(13,14)15)11(16,17)18/h3-4H,2H2,1H3,(H2,19,21). The summed E-state index contributed by atoms with van der Waals surface area (Å²) in [6, 6.07) is 0.304. The lowest BCUT2D eigenvalue weighted by atomic mass is 9.99. The van der Waals surface area contributed by atoms with Gasteiger partial charge in [-0.3, -0.25) is 4.98 Å². The number of pyridine rings is 1. The number of hydrogen-bond acceptors (Lipinski definition) is 3. The Hall–Kier alpha value is -2.07. The predicted molar refractivity (Wildman–Crippen MR) is 62.5 cm³/mol. The first-order chi connectivity index (χ1) is 9.93. The van der Waals surface area contributed by atoms with Gasteiger partial charge in [0.2, 0.25) is 5.95 Å². The molecule has 11 heteroatoms. The molecular formula is C11H9F7N4. The quantitative estimate of drug-likeness (QED) is 0.860. The summed E-state index contributed by atoms with van der Waals surface area (Å²) in [4.78, 5) is 6.62. The molecule has 0 amide bonds. The summed E-state index contributed by atoms with van der Waals surface area (Å²) in [5.74, 6) is -0.125. The number of nitrogens with zero attached hydrogens (tertiary/aromatic N) is 3. The van der Waals surface area contributed by atoms with Gasteiger partial charge in [0.05, 0.1) is 22.9 Å². The first kappa shape index (κ1) is 16.3. The number of aromatic nitrogens is 3. The Morgan fingerprint density at radius 1 is 1.09 bits per heavy atom. The second kappa shape index (κ2) is 4.71. The Morgan fingerprint density at radius 2 is 1.64 bits per heavy atom. The fourth-order valence-electron chi connectivity index (χ4n) is 2.01. The Morgan fingerprint density at radius 3 is 2.09 bits per heavy atom. The van der Waals surface area contributed by atoms with E-state index in [2.05, 4.69) is 9.97 Å². The highest BCUT2D eigenvalue weighted by Gasteiger charge is 2.74. The number of aryl methyl sites for hydroxylation is 1. The zero-order valence-corrected chi connectivity index (χ0v) is 10.9. The Balaban J connectivity index is 2.72. The molecule has 2 aromatic rings. The van der Waals surface area contributed by atoms with E-state index in [1.165, 1.54) is 4.57 Å². The maximum absolute atomic E-state index is 13.9. The Labute approximate surface area is 118 Å². The molecule has 0 aliphatic rings. The molecule has 2 heterocycles. The molecule has 0 aliphatic heterocycles. The van der Waals surface area contributed by atoms with Gasteiger partial charge in [0.1, 0.15) is 0 Å². The lowest BCUT2D eigenvalue weighted by Gasteiger charge is -2.29. The fraction of sp³-hybridized carbons (Fsp3) is 0.455. The fourth-order valence-corrected chi connectivity index (χ4v) is 2.01. The number of anilines is 1. The van der Waals surface area contributed by atoms with Crippen LogP contribution in [0.2, 0.25) is 0 Å². The number of imidazole rings is 1. The van der Waals surface area contributed by atoms with Crippen molar-refractivity contribution in [2.75, 3.05) is 5.73 Å². The summed E-state index contributed by atoms with van der Waals surface area (Å²) in [5.41, 5.74) is -2.14. The van der Waals surface area contributed by atoms with Crippen molar-refractivity contribution in [1.29, 1.82) is 0 Å². The number of alkyl halides is 7. The molecular weight excluding hydrogens is 321 g/mol. The van der Waals surface area contributed by atoms with Crippen molar-refractivity contribution in [3.8, 4) is 0 Å². The third-order valence-corrected chi connectivity index (χ3v) is 3.11. The SMILES string of the molecule is CCn1c(N)nc2cc(C(F)(C(F)(F)F)C(F)(F)F)ncc21.